The first-order chi connectivity index (χ1) is 8.43. The van der Waals surface area contributed by atoms with Crippen molar-refractivity contribution in [2.75, 3.05) is 13.1 Å². The van der Waals surface area contributed by atoms with Crippen molar-refractivity contribution in [2.45, 2.75) is 32.2 Å². The normalized spacial score (nSPS) is 9.88. The summed E-state index contributed by atoms with van der Waals surface area (Å²) < 4.78 is 0. The highest BCUT2D eigenvalue weighted by Gasteiger charge is 1.94. The number of unbranched alkanes of at least 4 members (excludes halogenated alkanes) is 3. The van der Waals surface area contributed by atoms with Gasteiger partial charge in [0.2, 0.25) is 0 Å². The Bertz CT molecular complexity index is 331. The minimum atomic E-state index is 0.643. The van der Waals surface area contributed by atoms with E-state index in [2.05, 4.69) is 39.6 Å². The molecule has 0 amide bonds. The molecule has 0 atom stereocenters. The molecule has 0 heterocycles. The van der Waals surface area contributed by atoms with E-state index >= 15 is 0 Å². The summed E-state index contributed by atoms with van der Waals surface area (Å²) in [4.78, 5) is 2.74. The van der Waals surface area contributed by atoms with Gasteiger partial charge in [0.25, 0.3) is 0 Å². The lowest BCUT2D eigenvalue weighted by Crippen LogP contribution is -2.82. The van der Waals surface area contributed by atoms with Crippen molar-refractivity contribution in [3.05, 3.63) is 46.3 Å². The molecule has 0 aromatic heterocycles. The molecule has 0 unspecified atom stereocenters. The summed E-state index contributed by atoms with van der Waals surface area (Å²) in [6.45, 7) is 2.89. The average Bonchev–Trinajstić information content (AvgIpc) is 2.38. The van der Waals surface area contributed by atoms with E-state index in [-0.39, 0.29) is 0 Å². The van der Waals surface area contributed by atoms with Crippen molar-refractivity contribution in [1.82, 2.24) is 0 Å². The fourth-order valence-corrected chi connectivity index (χ4v) is 1.75. The van der Waals surface area contributed by atoms with Crippen molar-refractivity contribution >= 4 is 0 Å². The number of quaternary nitrogens is 1. The van der Waals surface area contributed by atoms with Crippen molar-refractivity contribution < 1.29 is 5.32 Å². The summed E-state index contributed by atoms with van der Waals surface area (Å²) in [5, 5.41) is 5.87. The van der Waals surface area contributed by atoms with Gasteiger partial charge in [-0.3, -0.25) is 0 Å². The van der Waals surface area contributed by atoms with E-state index in [1.807, 2.05) is 6.07 Å². The smallest absolute Gasteiger partial charge is 0.101 e. The average molecular weight is 233 g/mol. The molecule has 0 spiro atoms. The zero-order chi connectivity index (χ0) is 12.2. The zero-order valence-corrected chi connectivity index (χ0v) is 10.3. The molecule has 2 N–H and O–H groups in total. The first-order valence-corrected chi connectivity index (χ1v) is 6.30. The highest BCUT2D eigenvalue weighted by Crippen LogP contribution is 1.98. The van der Waals surface area contributed by atoms with Crippen molar-refractivity contribution in [3.63, 3.8) is 0 Å². The lowest BCUT2D eigenvalue weighted by atomic mass is 10.2. The molecule has 0 bridgehead atoms. The van der Waals surface area contributed by atoms with Gasteiger partial charge < -0.3 is 5.32 Å². The van der Waals surface area contributed by atoms with Gasteiger partial charge in [0.1, 0.15) is 6.54 Å². The van der Waals surface area contributed by atoms with E-state index in [1.165, 1.54) is 24.9 Å². The summed E-state index contributed by atoms with van der Waals surface area (Å²) >= 11 is 0. The van der Waals surface area contributed by atoms with Crippen molar-refractivity contribution in [1.29, 1.82) is 0 Å². The van der Waals surface area contributed by atoms with Gasteiger partial charge in [0.15, 0.2) is 0 Å². The second kappa shape index (κ2) is 9.70. The number of hydrogen-bond donors (Lipinski definition) is 1. The molecule has 1 aromatic rings. The zero-order valence-electron chi connectivity index (χ0n) is 10.3. The summed E-state index contributed by atoms with van der Waals surface area (Å²) in [7, 11) is 0. The minimum Gasteiger partial charge on any atom is -0.343 e. The minimum absolute atomic E-state index is 0.643. The molecule has 0 aliphatic heterocycles. The van der Waals surface area contributed by atoms with Crippen LogP contribution in [0.5, 0.6) is 0 Å². The van der Waals surface area contributed by atoms with E-state index in [4.69, 9.17) is 5.53 Å². The predicted octanol–water partition coefficient (Wildman–Crippen LogP) is 2.62. The standard InChI is InChI=1S/C13H20N4/c14-17-16-11-7-2-1-6-10-15-12-13-8-4-3-5-9-13/h3-5,8-9,15H,1-2,6-7,10-12H2/p+1. The van der Waals surface area contributed by atoms with Crippen LogP contribution in [0, 0.1) is 0 Å². The SMILES string of the molecule is [N-]=[N+]=NCCCCCC[NH2+]Cc1ccccc1. The van der Waals surface area contributed by atoms with Crippen LogP contribution in [0.4, 0.5) is 0 Å². The Labute approximate surface area is 103 Å². The van der Waals surface area contributed by atoms with Gasteiger partial charge in [-0.2, -0.15) is 0 Å². The Morgan fingerprint density at radius 2 is 1.82 bits per heavy atom. The predicted molar refractivity (Wildman–Crippen MR) is 69.4 cm³/mol. The van der Waals surface area contributed by atoms with Gasteiger partial charge in [0.05, 0.1) is 6.54 Å². The highest BCUT2D eigenvalue weighted by atomic mass is 15.1. The topological polar surface area (TPSA) is 65.4 Å². The second-order valence-electron chi connectivity index (χ2n) is 4.14. The monoisotopic (exact) mass is 233 g/mol. The number of rotatable bonds is 9. The molecule has 0 saturated heterocycles. The van der Waals surface area contributed by atoms with E-state index < -0.39 is 0 Å². The van der Waals surface area contributed by atoms with Crippen LogP contribution in [-0.4, -0.2) is 13.1 Å². The van der Waals surface area contributed by atoms with E-state index in [9.17, 15) is 0 Å². The van der Waals surface area contributed by atoms with Gasteiger partial charge in [-0.25, -0.2) is 0 Å². The van der Waals surface area contributed by atoms with Gasteiger partial charge in [-0.05, 0) is 24.8 Å². The molecule has 1 rings (SSSR count). The largest absolute Gasteiger partial charge is 0.343 e. The molecular formula is C13H21N4+. The highest BCUT2D eigenvalue weighted by molar-refractivity contribution is 5.12. The Morgan fingerprint density at radius 3 is 2.59 bits per heavy atom. The van der Waals surface area contributed by atoms with Gasteiger partial charge in [-0.1, -0.05) is 41.9 Å². The van der Waals surface area contributed by atoms with Gasteiger partial charge >= 0.3 is 0 Å². The molecular weight excluding hydrogens is 212 g/mol. The Morgan fingerprint density at radius 1 is 1.06 bits per heavy atom. The second-order valence-corrected chi connectivity index (χ2v) is 4.14. The van der Waals surface area contributed by atoms with Crippen LogP contribution in [0.3, 0.4) is 0 Å². The van der Waals surface area contributed by atoms with Gasteiger partial charge in [-0.15, -0.1) is 0 Å². The molecule has 0 radical (unpaired) electrons. The maximum atomic E-state index is 8.10. The van der Waals surface area contributed by atoms with E-state index in [0.717, 1.165) is 19.4 Å². The fourth-order valence-electron chi connectivity index (χ4n) is 1.75. The molecule has 17 heavy (non-hydrogen) atoms. The molecule has 0 aliphatic rings. The van der Waals surface area contributed by atoms with Crippen LogP contribution in [-0.2, 0) is 6.54 Å². The number of benzene rings is 1. The third-order valence-corrected chi connectivity index (χ3v) is 2.70. The number of nitrogens with two attached hydrogens (primary N) is 1. The Kier molecular flexibility index (Phi) is 7.73. The van der Waals surface area contributed by atoms with Crippen LogP contribution in [0.1, 0.15) is 31.2 Å². The van der Waals surface area contributed by atoms with Crippen LogP contribution in [0.2, 0.25) is 0 Å². The fraction of sp³-hybridized carbons (Fsp3) is 0.538. The summed E-state index contributed by atoms with van der Waals surface area (Å²) in [5.74, 6) is 0. The number of hydrogen-bond acceptors (Lipinski definition) is 1. The van der Waals surface area contributed by atoms with Crippen LogP contribution in [0.25, 0.3) is 10.4 Å². The lowest BCUT2D eigenvalue weighted by Gasteiger charge is -2.01. The molecule has 0 aliphatic carbocycles. The molecule has 0 saturated carbocycles. The molecule has 1 aromatic carbocycles. The first kappa shape index (κ1) is 13.6. The van der Waals surface area contributed by atoms with Crippen molar-refractivity contribution in [2.24, 2.45) is 5.11 Å². The maximum Gasteiger partial charge on any atom is 0.101 e. The van der Waals surface area contributed by atoms with Crippen LogP contribution < -0.4 is 5.32 Å². The van der Waals surface area contributed by atoms with Crippen LogP contribution >= 0.6 is 0 Å². The molecule has 4 nitrogen and oxygen atoms in total. The molecule has 0 fully saturated rings. The third-order valence-electron chi connectivity index (χ3n) is 2.70. The van der Waals surface area contributed by atoms with Crippen molar-refractivity contribution in [3.8, 4) is 0 Å². The van der Waals surface area contributed by atoms with E-state index in [0.29, 0.717) is 6.54 Å². The summed E-state index contributed by atoms with van der Waals surface area (Å²) in [5.41, 5.74) is 9.49. The van der Waals surface area contributed by atoms with Gasteiger partial charge in [0, 0.05) is 17.0 Å². The molecule has 4 heteroatoms. The van der Waals surface area contributed by atoms with Crippen LogP contribution in [0.15, 0.2) is 35.4 Å². The maximum absolute atomic E-state index is 8.10. The Balaban J connectivity index is 1.89. The van der Waals surface area contributed by atoms with E-state index in [1.54, 1.807) is 0 Å². The first-order valence-electron chi connectivity index (χ1n) is 6.30. The summed E-state index contributed by atoms with van der Waals surface area (Å²) in [6.07, 6.45) is 4.65. The Hall–Kier alpha value is -1.51. The quantitative estimate of drug-likeness (QED) is 0.295. The number of azide groups is 1. The lowest BCUT2D eigenvalue weighted by molar-refractivity contribution is -0.671. The summed E-state index contributed by atoms with van der Waals surface area (Å²) in [6, 6.07) is 10.5. The number of nitrogens with zero attached hydrogens (tertiary/aromatic N) is 3. The third kappa shape index (κ3) is 7.39. The molecule has 92 valence electrons.